The molecule has 37 heavy (non-hydrogen) atoms. The first kappa shape index (κ1) is 24.8. The fraction of sp³-hybridized carbons (Fsp3) is 0.107. The zero-order valence-electron chi connectivity index (χ0n) is 19.8. The number of fused-ring (bicyclic) bond motifs is 2. The number of nitrogens with zero attached hydrogens (tertiary/aromatic N) is 3. The molecule has 0 spiro atoms. The number of benzene rings is 3. The van der Waals surface area contributed by atoms with Gasteiger partial charge in [0.05, 0.1) is 28.7 Å². The van der Waals surface area contributed by atoms with E-state index in [-0.39, 0.29) is 18.0 Å². The third-order valence-corrected chi connectivity index (χ3v) is 6.23. The molecule has 2 aromatic heterocycles. The standard InChI is InChI=1S/C28H21BrClN3O4/c1-3-11-36-26-21(30)12-17(13-24(26)35-4-2)16-31-33-27(32-22-8-6-5-7-20(22)28(33)34)25-15-18-14-19(29)9-10-23(18)37-25/h3,5-10,12-16H,1,4,11H2,2H3. The lowest BCUT2D eigenvalue weighted by Gasteiger charge is -2.13. The van der Waals surface area contributed by atoms with Gasteiger partial charge in [-0.1, -0.05) is 52.3 Å². The van der Waals surface area contributed by atoms with E-state index in [1.165, 1.54) is 10.9 Å². The number of para-hydroxylation sites is 1. The van der Waals surface area contributed by atoms with Crippen molar-refractivity contribution in [2.45, 2.75) is 6.92 Å². The number of furan rings is 1. The summed E-state index contributed by atoms with van der Waals surface area (Å²) in [5.74, 6) is 1.56. The molecule has 0 saturated carbocycles. The SMILES string of the molecule is C=CCOc1c(Cl)cc(C=Nn2c(-c3cc4cc(Br)ccc4o3)nc3ccccc3c2=O)cc1OCC. The van der Waals surface area contributed by atoms with E-state index < -0.39 is 0 Å². The van der Waals surface area contributed by atoms with E-state index in [0.29, 0.717) is 50.9 Å². The summed E-state index contributed by atoms with van der Waals surface area (Å²) in [6.45, 7) is 6.23. The van der Waals surface area contributed by atoms with Crippen molar-refractivity contribution in [2.24, 2.45) is 5.10 Å². The molecule has 0 aliphatic carbocycles. The molecule has 0 atom stereocenters. The molecule has 0 fully saturated rings. The van der Waals surface area contributed by atoms with Crippen LogP contribution in [0.4, 0.5) is 0 Å². The molecule has 0 aliphatic rings. The maximum atomic E-state index is 13.5. The first-order chi connectivity index (χ1) is 18.0. The van der Waals surface area contributed by atoms with Crippen LogP contribution >= 0.6 is 27.5 Å². The molecule has 5 rings (SSSR count). The smallest absolute Gasteiger partial charge is 0.282 e. The highest BCUT2D eigenvalue weighted by molar-refractivity contribution is 9.10. The van der Waals surface area contributed by atoms with Gasteiger partial charge in [0.1, 0.15) is 12.2 Å². The lowest BCUT2D eigenvalue weighted by molar-refractivity contribution is 0.297. The minimum atomic E-state index is -0.333. The lowest BCUT2D eigenvalue weighted by atomic mass is 10.2. The summed E-state index contributed by atoms with van der Waals surface area (Å²) in [5, 5.41) is 6.15. The Kier molecular flexibility index (Phi) is 7.12. The molecule has 9 heteroatoms. The van der Waals surface area contributed by atoms with Crippen LogP contribution in [0.2, 0.25) is 5.02 Å². The molecule has 0 radical (unpaired) electrons. The molecule has 7 nitrogen and oxygen atoms in total. The Morgan fingerprint density at radius 2 is 2.00 bits per heavy atom. The second-order valence-electron chi connectivity index (χ2n) is 7.97. The monoisotopic (exact) mass is 577 g/mol. The van der Waals surface area contributed by atoms with E-state index >= 15 is 0 Å². The Bertz CT molecular complexity index is 1720. The van der Waals surface area contributed by atoms with Gasteiger partial charge in [0.15, 0.2) is 17.3 Å². The van der Waals surface area contributed by atoms with Gasteiger partial charge in [-0.2, -0.15) is 9.78 Å². The summed E-state index contributed by atoms with van der Waals surface area (Å²) >= 11 is 9.96. The molecule has 0 unspecified atom stereocenters. The highest BCUT2D eigenvalue weighted by atomic mass is 79.9. The number of halogens is 2. The summed E-state index contributed by atoms with van der Waals surface area (Å²) < 4.78 is 19.6. The molecule has 5 aromatic rings. The maximum absolute atomic E-state index is 13.5. The van der Waals surface area contributed by atoms with E-state index in [1.807, 2.05) is 37.3 Å². The summed E-state index contributed by atoms with van der Waals surface area (Å²) in [5.41, 5.74) is 1.49. The first-order valence-corrected chi connectivity index (χ1v) is 12.6. The van der Waals surface area contributed by atoms with Crippen molar-refractivity contribution < 1.29 is 13.9 Å². The van der Waals surface area contributed by atoms with Crippen molar-refractivity contribution in [1.82, 2.24) is 9.66 Å². The number of hydrogen-bond donors (Lipinski definition) is 0. The average molecular weight is 579 g/mol. The van der Waals surface area contributed by atoms with Crippen LogP contribution in [0, 0.1) is 0 Å². The van der Waals surface area contributed by atoms with E-state index in [2.05, 4.69) is 27.6 Å². The molecule has 0 bridgehead atoms. The van der Waals surface area contributed by atoms with E-state index in [0.717, 1.165) is 9.86 Å². The van der Waals surface area contributed by atoms with Crippen LogP contribution in [-0.2, 0) is 0 Å². The van der Waals surface area contributed by atoms with Crippen LogP contribution in [0.5, 0.6) is 11.5 Å². The topological polar surface area (TPSA) is 78.9 Å². The second kappa shape index (κ2) is 10.6. The highest BCUT2D eigenvalue weighted by Crippen LogP contribution is 2.36. The third-order valence-electron chi connectivity index (χ3n) is 5.45. The van der Waals surface area contributed by atoms with Crippen molar-refractivity contribution in [1.29, 1.82) is 0 Å². The molecule has 2 heterocycles. The molecular weight excluding hydrogens is 558 g/mol. The number of ether oxygens (including phenoxy) is 2. The first-order valence-electron chi connectivity index (χ1n) is 11.4. The zero-order valence-corrected chi connectivity index (χ0v) is 22.1. The Balaban J connectivity index is 1.65. The van der Waals surface area contributed by atoms with Crippen molar-refractivity contribution >= 4 is 55.6 Å². The lowest BCUT2D eigenvalue weighted by Crippen LogP contribution is -2.20. The minimum Gasteiger partial charge on any atom is -0.490 e. The summed E-state index contributed by atoms with van der Waals surface area (Å²) in [7, 11) is 0. The highest BCUT2D eigenvalue weighted by Gasteiger charge is 2.17. The van der Waals surface area contributed by atoms with Gasteiger partial charge < -0.3 is 13.9 Å². The van der Waals surface area contributed by atoms with E-state index in [1.54, 1.807) is 36.4 Å². The van der Waals surface area contributed by atoms with Gasteiger partial charge in [0.25, 0.3) is 5.56 Å². The maximum Gasteiger partial charge on any atom is 0.282 e. The van der Waals surface area contributed by atoms with Crippen LogP contribution < -0.4 is 15.0 Å². The fourth-order valence-corrected chi connectivity index (χ4v) is 4.50. The Morgan fingerprint density at radius 3 is 2.81 bits per heavy atom. The Labute approximate surface area is 225 Å². The Morgan fingerprint density at radius 1 is 1.16 bits per heavy atom. The molecular formula is C28H21BrClN3O4. The van der Waals surface area contributed by atoms with Gasteiger partial charge in [-0.15, -0.1) is 0 Å². The zero-order chi connectivity index (χ0) is 25.9. The molecule has 0 aliphatic heterocycles. The van der Waals surface area contributed by atoms with E-state index in [9.17, 15) is 4.79 Å². The Hall–Kier alpha value is -3.88. The van der Waals surface area contributed by atoms with Crippen molar-refractivity contribution in [2.75, 3.05) is 13.2 Å². The molecule has 186 valence electrons. The molecule has 0 N–H and O–H groups in total. The minimum absolute atomic E-state index is 0.273. The molecule has 0 saturated heterocycles. The van der Waals surface area contributed by atoms with Crippen molar-refractivity contribution in [3.63, 3.8) is 0 Å². The van der Waals surface area contributed by atoms with Gasteiger partial charge in [0, 0.05) is 9.86 Å². The molecule has 3 aromatic carbocycles. The van der Waals surface area contributed by atoms with Gasteiger partial charge in [-0.05, 0) is 61.0 Å². The second-order valence-corrected chi connectivity index (χ2v) is 9.29. The third kappa shape index (κ3) is 5.03. The normalized spacial score (nSPS) is 11.4. The van der Waals surface area contributed by atoms with Gasteiger partial charge in [0.2, 0.25) is 5.82 Å². The van der Waals surface area contributed by atoms with Crippen LogP contribution in [-0.4, -0.2) is 29.1 Å². The van der Waals surface area contributed by atoms with E-state index in [4.69, 9.17) is 30.5 Å². The number of aromatic nitrogens is 2. The number of rotatable bonds is 8. The predicted molar refractivity (Wildman–Crippen MR) is 150 cm³/mol. The summed E-state index contributed by atoms with van der Waals surface area (Å²) in [6.07, 6.45) is 3.14. The van der Waals surface area contributed by atoms with Gasteiger partial charge in [-0.25, -0.2) is 4.98 Å². The van der Waals surface area contributed by atoms with Crippen LogP contribution in [0.15, 0.2) is 92.1 Å². The molecule has 0 amide bonds. The fourth-order valence-electron chi connectivity index (χ4n) is 3.85. The quantitative estimate of drug-likeness (QED) is 0.145. The summed E-state index contributed by atoms with van der Waals surface area (Å²) in [4.78, 5) is 18.2. The number of hydrogen-bond acceptors (Lipinski definition) is 6. The van der Waals surface area contributed by atoms with Crippen LogP contribution in [0.25, 0.3) is 33.5 Å². The van der Waals surface area contributed by atoms with Crippen LogP contribution in [0.3, 0.4) is 0 Å². The predicted octanol–water partition coefficient (Wildman–Crippen LogP) is 7.07. The van der Waals surface area contributed by atoms with Crippen molar-refractivity contribution in [3.8, 4) is 23.1 Å². The van der Waals surface area contributed by atoms with Crippen molar-refractivity contribution in [3.05, 3.63) is 98.7 Å². The largest absolute Gasteiger partial charge is 0.490 e. The summed E-state index contributed by atoms with van der Waals surface area (Å²) in [6, 6.07) is 18.0. The average Bonchev–Trinajstić information content (AvgIpc) is 3.31. The van der Waals surface area contributed by atoms with Gasteiger partial charge in [-0.3, -0.25) is 4.79 Å². The van der Waals surface area contributed by atoms with Gasteiger partial charge >= 0.3 is 0 Å². The van der Waals surface area contributed by atoms with Crippen LogP contribution in [0.1, 0.15) is 12.5 Å².